The Balaban J connectivity index is 2.30. The molecule has 0 bridgehead atoms. The minimum Gasteiger partial charge on any atom is -0.341 e. The minimum atomic E-state index is -3.71. The molecule has 1 aromatic carbocycles. The Morgan fingerprint density at radius 1 is 1.43 bits per heavy atom. The number of hydrogen-bond donors (Lipinski definition) is 0. The van der Waals surface area contributed by atoms with Crippen LogP contribution in [-0.2, 0) is 14.8 Å². The molecule has 0 aliphatic carbocycles. The van der Waals surface area contributed by atoms with Crippen molar-refractivity contribution in [2.45, 2.75) is 32.7 Å². The van der Waals surface area contributed by atoms with Gasteiger partial charge in [-0.25, -0.2) is 12.8 Å². The Labute approximate surface area is 137 Å². The van der Waals surface area contributed by atoms with Crippen LogP contribution < -0.4 is 4.31 Å². The topological polar surface area (TPSA) is 57.7 Å². The monoisotopic (exact) mass is 342 g/mol. The van der Waals surface area contributed by atoms with Crippen LogP contribution in [0.15, 0.2) is 24.3 Å². The molecule has 1 aromatic rings. The molecule has 128 valence electrons. The Bertz CT molecular complexity index is 678. The number of anilines is 1. The van der Waals surface area contributed by atoms with Crippen LogP contribution in [0.4, 0.5) is 10.1 Å². The normalized spacial score (nSPS) is 20.2. The van der Waals surface area contributed by atoms with Crippen molar-refractivity contribution < 1.29 is 17.6 Å². The third-order valence-corrected chi connectivity index (χ3v) is 5.34. The van der Waals surface area contributed by atoms with E-state index < -0.39 is 21.9 Å². The number of amides is 1. The van der Waals surface area contributed by atoms with E-state index in [1.54, 1.807) is 11.8 Å². The zero-order valence-electron chi connectivity index (χ0n) is 13.7. The molecule has 1 saturated heterocycles. The first kappa shape index (κ1) is 17.7. The summed E-state index contributed by atoms with van der Waals surface area (Å²) in [6.07, 6.45) is 3.01. The van der Waals surface area contributed by atoms with Gasteiger partial charge in [0.25, 0.3) is 0 Å². The predicted octanol–water partition coefficient (Wildman–Crippen LogP) is 2.24. The Hall–Kier alpha value is -1.63. The van der Waals surface area contributed by atoms with Crippen molar-refractivity contribution in [2.24, 2.45) is 5.92 Å². The average molecular weight is 342 g/mol. The minimum absolute atomic E-state index is 0.165. The third-order valence-electron chi connectivity index (χ3n) is 4.10. The van der Waals surface area contributed by atoms with E-state index in [9.17, 15) is 17.6 Å². The van der Waals surface area contributed by atoms with Crippen molar-refractivity contribution >= 4 is 21.6 Å². The molecule has 2 atom stereocenters. The van der Waals surface area contributed by atoms with E-state index >= 15 is 0 Å². The van der Waals surface area contributed by atoms with Gasteiger partial charge >= 0.3 is 0 Å². The molecular weight excluding hydrogens is 319 g/mol. The number of rotatable bonds is 4. The van der Waals surface area contributed by atoms with Crippen LogP contribution in [0.1, 0.15) is 26.7 Å². The van der Waals surface area contributed by atoms with Crippen LogP contribution in [0.2, 0.25) is 0 Å². The quantitative estimate of drug-likeness (QED) is 0.843. The second kappa shape index (κ2) is 6.86. The van der Waals surface area contributed by atoms with Crippen molar-refractivity contribution in [1.29, 1.82) is 0 Å². The number of carbonyl (C=O) groups excluding carboxylic acids is 1. The van der Waals surface area contributed by atoms with Gasteiger partial charge in [-0.2, -0.15) is 0 Å². The van der Waals surface area contributed by atoms with Gasteiger partial charge in [-0.15, -0.1) is 0 Å². The lowest BCUT2D eigenvalue weighted by Gasteiger charge is -2.36. The summed E-state index contributed by atoms with van der Waals surface area (Å²) in [5.74, 6) is -0.380. The second-order valence-electron chi connectivity index (χ2n) is 6.25. The molecule has 0 N–H and O–H groups in total. The van der Waals surface area contributed by atoms with Crippen molar-refractivity contribution in [1.82, 2.24) is 4.90 Å². The van der Waals surface area contributed by atoms with Crippen molar-refractivity contribution in [3.8, 4) is 0 Å². The largest absolute Gasteiger partial charge is 0.341 e. The molecule has 0 aromatic heterocycles. The molecule has 1 heterocycles. The third kappa shape index (κ3) is 4.22. The zero-order chi connectivity index (χ0) is 17.2. The highest BCUT2D eigenvalue weighted by atomic mass is 32.2. The predicted molar refractivity (Wildman–Crippen MR) is 88.2 cm³/mol. The van der Waals surface area contributed by atoms with Gasteiger partial charge in [-0.1, -0.05) is 13.0 Å². The lowest BCUT2D eigenvalue weighted by molar-refractivity contribution is -0.133. The summed E-state index contributed by atoms with van der Waals surface area (Å²) in [6, 6.07) is 4.39. The molecule has 5 nitrogen and oxygen atoms in total. The van der Waals surface area contributed by atoms with Gasteiger partial charge < -0.3 is 4.90 Å². The highest BCUT2D eigenvalue weighted by Gasteiger charge is 2.33. The molecule has 1 amide bonds. The molecule has 0 spiro atoms. The fourth-order valence-electron chi connectivity index (χ4n) is 3.07. The van der Waals surface area contributed by atoms with Crippen molar-refractivity contribution in [3.63, 3.8) is 0 Å². The average Bonchev–Trinajstić information content (AvgIpc) is 2.45. The van der Waals surface area contributed by atoms with Crippen LogP contribution in [0.3, 0.4) is 0 Å². The molecule has 1 aliphatic rings. The number of likely N-dealkylation sites (tertiary alicyclic amines) is 1. The Morgan fingerprint density at radius 2 is 2.13 bits per heavy atom. The first-order valence-electron chi connectivity index (χ1n) is 7.74. The van der Waals surface area contributed by atoms with Crippen LogP contribution in [0.5, 0.6) is 0 Å². The number of halogens is 1. The fourth-order valence-corrected chi connectivity index (χ4v) is 4.23. The molecular formula is C16H23FN2O3S. The lowest BCUT2D eigenvalue weighted by Crippen LogP contribution is -2.51. The van der Waals surface area contributed by atoms with Crippen LogP contribution >= 0.6 is 0 Å². The van der Waals surface area contributed by atoms with Crippen LogP contribution in [-0.4, -0.2) is 44.6 Å². The van der Waals surface area contributed by atoms with E-state index in [0.29, 0.717) is 19.0 Å². The van der Waals surface area contributed by atoms with E-state index in [1.807, 2.05) is 0 Å². The number of carbonyl (C=O) groups is 1. The first-order chi connectivity index (χ1) is 10.7. The van der Waals surface area contributed by atoms with Crippen molar-refractivity contribution in [3.05, 3.63) is 30.1 Å². The standard InChI is InChI=1S/C16H23FN2O3S/c1-12-6-5-9-18(11-12)16(20)13(2)19(23(3,21)22)15-8-4-7-14(17)10-15/h4,7-8,10,12-13H,5-6,9,11H2,1-3H3. The van der Waals surface area contributed by atoms with Gasteiger partial charge in [-0.05, 0) is 43.9 Å². The first-order valence-corrected chi connectivity index (χ1v) is 9.58. The van der Waals surface area contributed by atoms with Crippen LogP contribution in [0.25, 0.3) is 0 Å². The summed E-state index contributed by atoms with van der Waals surface area (Å²) in [6.45, 7) is 4.89. The molecule has 23 heavy (non-hydrogen) atoms. The van der Waals surface area contributed by atoms with Gasteiger partial charge in [0.15, 0.2) is 0 Å². The summed E-state index contributed by atoms with van der Waals surface area (Å²) in [7, 11) is -3.71. The summed E-state index contributed by atoms with van der Waals surface area (Å²) >= 11 is 0. The van der Waals surface area contributed by atoms with Gasteiger partial charge in [-0.3, -0.25) is 9.10 Å². The summed E-state index contributed by atoms with van der Waals surface area (Å²) < 4.78 is 38.8. The SMILES string of the molecule is CC1CCCN(C(=O)C(C)N(c2cccc(F)c2)S(C)(=O)=O)C1. The summed E-state index contributed by atoms with van der Waals surface area (Å²) in [5.41, 5.74) is 0.165. The molecule has 2 unspecified atom stereocenters. The molecule has 0 saturated carbocycles. The number of sulfonamides is 1. The van der Waals surface area contributed by atoms with E-state index in [-0.39, 0.29) is 11.6 Å². The number of piperidine rings is 1. The fraction of sp³-hybridized carbons (Fsp3) is 0.562. The highest BCUT2D eigenvalue weighted by molar-refractivity contribution is 7.92. The maximum absolute atomic E-state index is 13.5. The van der Waals surface area contributed by atoms with Gasteiger partial charge in [0.1, 0.15) is 11.9 Å². The van der Waals surface area contributed by atoms with Gasteiger partial charge in [0.2, 0.25) is 15.9 Å². The van der Waals surface area contributed by atoms with Crippen molar-refractivity contribution in [2.75, 3.05) is 23.7 Å². The second-order valence-corrected chi connectivity index (χ2v) is 8.11. The molecule has 1 aliphatic heterocycles. The molecule has 0 radical (unpaired) electrons. The Morgan fingerprint density at radius 3 is 2.70 bits per heavy atom. The lowest BCUT2D eigenvalue weighted by atomic mass is 10.00. The zero-order valence-corrected chi connectivity index (χ0v) is 14.5. The molecule has 7 heteroatoms. The summed E-state index contributed by atoms with van der Waals surface area (Å²) in [4.78, 5) is 14.4. The van der Waals surface area contributed by atoms with E-state index in [0.717, 1.165) is 29.5 Å². The number of nitrogens with zero attached hydrogens (tertiary/aromatic N) is 2. The maximum atomic E-state index is 13.5. The number of benzene rings is 1. The van der Waals surface area contributed by atoms with E-state index in [1.165, 1.54) is 18.2 Å². The highest BCUT2D eigenvalue weighted by Crippen LogP contribution is 2.24. The van der Waals surface area contributed by atoms with E-state index in [2.05, 4.69) is 6.92 Å². The molecule has 1 fully saturated rings. The van der Waals surface area contributed by atoms with E-state index in [4.69, 9.17) is 0 Å². The smallest absolute Gasteiger partial charge is 0.246 e. The van der Waals surface area contributed by atoms with Crippen LogP contribution in [0, 0.1) is 11.7 Å². The van der Waals surface area contributed by atoms with Gasteiger partial charge in [0, 0.05) is 13.1 Å². The van der Waals surface area contributed by atoms with Gasteiger partial charge in [0.05, 0.1) is 11.9 Å². The number of hydrogen-bond acceptors (Lipinski definition) is 3. The Kier molecular flexibility index (Phi) is 5.29. The maximum Gasteiger partial charge on any atom is 0.246 e. The summed E-state index contributed by atoms with van der Waals surface area (Å²) in [5, 5.41) is 0. The molecule has 2 rings (SSSR count).